The number of nitrogens with one attached hydrogen (secondary N) is 2. The van der Waals surface area contributed by atoms with Crippen molar-refractivity contribution >= 4 is 17.5 Å². The molecule has 3 fully saturated rings. The van der Waals surface area contributed by atoms with Gasteiger partial charge in [0.2, 0.25) is 5.95 Å². The third-order valence-corrected chi connectivity index (χ3v) is 7.90. The van der Waals surface area contributed by atoms with Gasteiger partial charge in [-0.3, -0.25) is 0 Å². The van der Waals surface area contributed by atoms with Gasteiger partial charge < -0.3 is 29.7 Å². The molecule has 2 aliphatic heterocycles. The highest BCUT2D eigenvalue weighted by Crippen LogP contribution is 2.45. The highest BCUT2D eigenvalue weighted by Gasteiger charge is 2.40. The van der Waals surface area contributed by atoms with Crippen LogP contribution in [0.4, 0.5) is 17.5 Å². The van der Waals surface area contributed by atoms with Crippen LogP contribution in [0.3, 0.4) is 0 Å². The number of hydrogen-bond donors (Lipinski definition) is 2. The number of ether oxygens (including phenoxy) is 3. The molecule has 0 amide bonds. The summed E-state index contributed by atoms with van der Waals surface area (Å²) in [5.74, 6) is 3.54. The van der Waals surface area contributed by atoms with Crippen molar-refractivity contribution in [3.63, 3.8) is 0 Å². The molecule has 8 nitrogen and oxygen atoms in total. The summed E-state index contributed by atoms with van der Waals surface area (Å²) >= 11 is 0. The minimum Gasteiger partial charge on any atom is -0.493 e. The molecule has 3 aliphatic rings. The maximum Gasteiger partial charge on any atom is 0.229 e. The summed E-state index contributed by atoms with van der Waals surface area (Å²) < 4.78 is 17.5. The zero-order chi connectivity index (χ0) is 24.1. The second kappa shape index (κ2) is 11.0. The summed E-state index contributed by atoms with van der Waals surface area (Å²) in [4.78, 5) is 11.5. The van der Waals surface area contributed by atoms with E-state index < -0.39 is 0 Å². The molecule has 2 aromatic rings. The van der Waals surface area contributed by atoms with Gasteiger partial charge >= 0.3 is 0 Å². The predicted molar refractivity (Wildman–Crippen MR) is 138 cm³/mol. The van der Waals surface area contributed by atoms with Crippen molar-refractivity contribution in [2.75, 3.05) is 57.6 Å². The Balaban J connectivity index is 1.19. The normalized spacial score (nSPS) is 25.5. The van der Waals surface area contributed by atoms with E-state index in [0.29, 0.717) is 17.3 Å². The van der Waals surface area contributed by atoms with Gasteiger partial charge in [0.15, 0.2) is 11.5 Å². The fourth-order valence-corrected chi connectivity index (χ4v) is 5.76. The molecule has 1 aromatic heterocycles. The number of methoxy groups -OCH3 is 1. The lowest BCUT2D eigenvalue weighted by molar-refractivity contribution is 0.0699. The van der Waals surface area contributed by atoms with E-state index in [-0.39, 0.29) is 6.10 Å². The summed E-state index contributed by atoms with van der Waals surface area (Å²) in [6.45, 7) is 5.06. The van der Waals surface area contributed by atoms with Crippen LogP contribution in [0.2, 0.25) is 0 Å². The van der Waals surface area contributed by atoms with E-state index in [1.165, 1.54) is 32.4 Å². The molecule has 2 N–H and O–H groups in total. The van der Waals surface area contributed by atoms with Crippen LogP contribution >= 0.6 is 0 Å². The molecule has 2 saturated heterocycles. The molecule has 190 valence electrons. The van der Waals surface area contributed by atoms with Gasteiger partial charge in [-0.25, -0.2) is 4.98 Å². The Morgan fingerprint density at radius 3 is 2.66 bits per heavy atom. The minimum absolute atomic E-state index is 0.227. The molecule has 0 unspecified atom stereocenters. The Labute approximate surface area is 208 Å². The average molecular weight is 482 g/mol. The Hall–Kier alpha value is -2.58. The molecule has 3 heterocycles. The topological polar surface area (TPSA) is 80.8 Å². The smallest absolute Gasteiger partial charge is 0.229 e. The number of nitrogens with zero attached hydrogens (tertiary/aromatic N) is 3. The van der Waals surface area contributed by atoms with Crippen molar-refractivity contribution in [1.82, 2.24) is 14.9 Å². The summed E-state index contributed by atoms with van der Waals surface area (Å²) in [5, 5.41) is 6.79. The first-order valence-corrected chi connectivity index (χ1v) is 13.1. The fourth-order valence-electron chi connectivity index (χ4n) is 5.76. The first-order valence-electron chi connectivity index (χ1n) is 13.1. The molecule has 0 bridgehead atoms. The maximum absolute atomic E-state index is 6.47. The summed E-state index contributed by atoms with van der Waals surface area (Å²) in [6.07, 6.45) is 10.2. The van der Waals surface area contributed by atoms with Crippen molar-refractivity contribution in [2.45, 2.75) is 51.0 Å². The van der Waals surface area contributed by atoms with Crippen LogP contribution in [-0.4, -0.2) is 68.0 Å². The first-order chi connectivity index (χ1) is 17.1. The van der Waals surface area contributed by atoms with Crippen LogP contribution in [0.15, 0.2) is 30.5 Å². The summed E-state index contributed by atoms with van der Waals surface area (Å²) in [7, 11) is 3.93. The minimum atomic E-state index is 0.227. The van der Waals surface area contributed by atoms with E-state index in [1.54, 1.807) is 13.3 Å². The van der Waals surface area contributed by atoms with E-state index in [4.69, 9.17) is 14.2 Å². The molecule has 35 heavy (non-hydrogen) atoms. The molecule has 8 heteroatoms. The quantitative estimate of drug-likeness (QED) is 0.561. The second-order valence-corrected chi connectivity index (χ2v) is 10.5. The molecule has 1 spiro atoms. The van der Waals surface area contributed by atoms with Crippen molar-refractivity contribution < 1.29 is 14.2 Å². The maximum atomic E-state index is 6.47. The van der Waals surface area contributed by atoms with Gasteiger partial charge in [-0.05, 0) is 88.1 Å². The van der Waals surface area contributed by atoms with Crippen LogP contribution < -0.4 is 20.1 Å². The first kappa shape index (κ1) is 24.1. The largest absolute Gasteiger partial charge is 0.493 e. The Morgan fingerprint density at radius 1 is 1.09 bits per heavy atom. The number of rotatable bonds is 8. The molecular formula is C27H39N5O3. The van der Waals surface area contributed by atoms with Crippen molar-refractivity contribution in [2.24, 2.45) is 11.3 Å². The fraction of sp³-hybridized carbons (Fsp3) is 0.630. The molecule has 0 radical (unpaired) electrons. The Morgan fingerprint density at radius 2 is 1.91 bits per heavy atom. The molecule has 0 atom stereocenters. The van der Waals surface area contributed by atoms with Gasteiger partial charge in [0.25, 0.3) is 0 Å². The molecule has 1 saturated carbocycles. The van der Waals surface area contributed by atoms with Crippen LogP contribution in [0.25, 0.3) is 0 Å². The third kappa shape index (κ3) is 6.16. The number of aromatic nitrogens is 2. The lowest BCUT2D eigenvalue weighted by Gasteiger charge is -2.37. The zero-order valence-electron chi connectivity index (χ0n) is 21.1. The molecular weight excluding hydrogens is 442 g/mol. The lowest BCUT2D eigenvalue weighted by atomic mass is 9.72. The van der Waals surface area contributed by atoms with E-state index in [1.807, 2.05) is 24.3 Å². The van der Waals surface area contributed by atoms with Crippen LogP contribution in [0, 0.1) is 11.3 Å². The Kier molecular flexibility index (Phi) is 7.58. The molecule has 1 aromatic carbocycles. The molecule has 5 rings (SSSR count). The zero-order valence-corrected chi connectivity index (χ0v) is 21.1. The van der Waals surface area contributed by atoms with Gasteiger partial charge in [-0.15, -0.1) is 0 Å². The summed E-state index contributed by atoms with van der Waals surface area (Å²) in [6, 6.07) is 7.83. The summed E-state index contributed by atoms with van der Waals surface area (Å²) in [5.41, 5.74) is 1.38. The van der Waals surface area contributed by atoms with Gasteiger partial charge in [0.05, 0.1) is 13.2 Å². The SMILES string of the molecule is COc1ccc(Nc2nccc(NCC3CCOCC3)n2)cc1OC1CCC2(CC1)CCN(C)C2. The highest BCUT2D eigenvalue weighted by atomic mass is 16.5. The second-order valence-electron chi connectivity index (χ2n) is 10.5. The molecule has 1 aliphatic carbocycles. The van der Waals surface area contributed by atoms with Gasteiger partial charge in [-0.1, -0.05) is 0 Å². The third-order valence-electron chi connectivity index (χ3n) is 7.90. The van der Waals surface area contributed by atoms with Crippen molar-refractivity contribution in [3.8, 4) is 11.5 Å². The average Bonchev–Trinajstić information content (AvgIpc) is 3.25. The highest BCUT2D eigenvalue weighted by molar-refractivity contribution is 5.60. The number of anilines is 3. The number of hydrogen-bond acceptors (Lipinski definition) is 8. The number of likely N-dealkylation sites (tertiary alicyclic amines) is 1. The van der Waals surface area contributed by atoms with Crippen molar-refractivity contribution in [1.29, 1.82) is 0 Å². The van der Waals surface area contributed by atoms with Gasteiger partial charge in [0.1, 0.15) is 5.82 Å². The van der Waals surface area contributed by atoms with E-state index >= 15 is 0 Å². The standard InChI is InChI=1S/C27H39N5O3/c1-32-14-12-27(19-32)10-5-22(6-11-27)35-24-17-21(3-4-23(24)33-2)30-26-28-13-7-25(31-26)29-18-20-8-15-34-16-9-20/h3-4,7,13,17,20,22H,5-6,8-12,14-16,18-19H2,1-2H3,(H2,28,29,30,31). The Bertz CT molecular complexity index is 973. The number of benzene rings is 1. The predicted octanol–water partition coefficient (Wildman–Crippen LogP) is 4.71. The van der Waals surface area contributed by atoms with Gasteiger partial charge in [0, 0.05) is 44.3 Å². The van der Waals surface area contributed by atoms with Crippen LogP contribution in [0.5, 0.6) is 11.5 Å². The van der Waals surface area contributed by atoms with Crippen LogP contribution in [0.1, 0.15) is 44.9 Å². The monoisotopic (exact) mass is 481 g/mol. The van der Waals surface area contributed by atoms with E-state index in [9.17, 15) is 0 Å². The van der Waals surface area contributed by atoms with E-state index in [2.05, 4.69) is 32.5 Å². The lowest BCUT2D eigenvalue weighted by Crippen LogP contribution is -2.34. The van der Waals surface area contributed by atoms with E-state index in [0.717, 1.165) is 68.4 Å². The van der Waals surface area contributed by atoms with Crippen molar-refractivity contribution in [3.05, 3.63) is 30.5 Å². The van der Waals surface area contributed by atoms with Crippen LogP contribution in [-0.2, 0) is 4.74 Å². The van der Waals surface area contributed by atoms with Gasteiger partial charge in [-0.2, -0.15) is 4.98 Å².